The van der Waals surface area contributed by atoms with Crippen LogP contribution < -0.4 is 14.8 Å². The van der Waals surface area contributed by atoms with Crippen molar-refractivity contribution in [2.24, 2.45) is 0 Å². The summed E-state index contributed by atoms with van der Waals surface area (Å²) in [6.07, 6.45) is -1.78. The molecule has 0 unspecified atom stereocenters. The van der Waals surface area contributed by atoms with Gasteiger partial charge in [0, 0.05) is 5.69 Å². The number of halogens is 4. The van der Waals surface area contributed by atoms with Crippen LogP contribution in [0.1, 0.15) is 18.1 Å². The van der Waals surface area contributed by atoms with E-state index in [1.54, 1.807) is 13.0 Å². The van der Waals surface area contributed by atoms with Gasteiger partial charge in [-0.15, -0.1) is 0 Å². The predicted molar refractivity (Wildman–Crippen MR) is 112 cm³/mol. The summed E-state index contributed by atoms with van der Waals surface area (Å²) in [4.78, 5) is 12.4. The number of carbonyl (C=O) groups is 1. The summed E-state index contributed by atoms with van der Waals surface area (Å²) in [6, 6.07) is 8.84. The van der Waals surface area contributed by atoms with Crippen molar-refractivity contribution in [2.45, 2.75) is 13.1 Å². The lowest BCUT2D eigenvalue weighted by atomic mass is 10.1. The van der Waals surface area contributed by atoms with Crippen molar-refractivity contribution in [3.8, 4) is 17.6 Å². The highest BCUT2D eigenvalue weighted by Crippen LogP contribution is 2.37. The smallest absolute Gasteiger partial charge is 0.416 e. The molecule has 0 saturated heterocycles. The van der Waals surface area contributed by atoms with Gasteiger partial charge in [0.05, 0.1) is 17.2 Å². The van der Waals surface area contributed by atoms with Gasteiger partial charge in [-0.05, 0) is 48.9 Å². The minimum absolute atomic E-state index is 0.0952. The van der Waals surface area contributed by atoms with E-state index in [0.717, 1.165) is 18.2 Å². The summed E-state index contributed by atoms with van der Waals surface area (Å²) in [6.45, 7) is 5.83. The topological polar surface area (TPSA) is 71.3 Å². The summed E-state index contributed by atoms with van der Waals surface area (Å²) in [5, 5.41) is 11.9. The second-order valence-corrected chi connectivity index (χ2v) is 6.47. The van der Waals surface area contributed by atoms with E-state index >= 15 is 0 Å². The zero-order chi connectivity index (χ0) is 23.0. The summed E-state index contributed by atoms with van der Waals surface area (Å²) in [5.41, 5.74) is -0.982. The van der Waals surface area contributed by atoms with Crippen LogP contribution in [0.15, 0.2) is 54.6 Å². The van der Waals surface area contributed by atoms with Gasteiger partial charge >= 0.3 is 6.18 Å². The molecule has 2 aromatic carbocycles. The third-order valence-electron chi connectivity index (χ3n) is 3.80. The van der Waals surface area contributed by atoms with Crippen LogP contribution in [0.25, 0.3) is 6.08 Å². The summed E-state index contributed by atoms with van der Waals surface area (Å²) in [7, 11) is 0. The Kier molecular flexibility index (Phi) is 8.11. The average molecular weight is 451 g/mol. The van der Waals surface area contributed by atoms with Crippen molar-refractivity contribution in [3.05, 3.63) is 70.8 Å². The molecule has 31 heavy (non-hydrogen) atoms. The quantitative estimate of drug-likeness (QED) is 0.310. The standard InChI is InChI=1S/C22H18ClF3N2O3/c1-3-8-31-20-18(23)10-14(11-19(20)30-4-2)9-15(13-27)21(29)28-17-7-5-6-16(12-17)22(24,25)26/h3,5-7,9-12H,1,4,8H2,2H3,(H,28,29)/b15-9+. The van der Waals surface area contributed by atoms with Gasteiger partial charge in [-0.2, -0.15) is 18.4 Å². The molecule has 1 N–H and O–H groups in total. The molecule has 0 aliphatic carbocycles. The van der Waals surface area contributed by atoms with Crippen LogP contribution in [-0.4, -0.2) is 19.1 Å². The molecule has 0 saturated carbocycles. The number of anilines is 1. The van der Waals surface area contributed by atoms with Crippen molar-refractivity contribution in [3.63, 3.8) is 0 Å². The number of amides is 1. The molecule has 162 valence electrons. The zero-order valence-electron chi connectivity index (χ0n) is 16.4. The van der Waals surface area contributed by atoms with E-state index in [1.807, 2.05) is 0 Å². The first kappa shape index (κ1) is 23.8. The first-order chi connectivity index (χ1) is 14.7. The Bertz CT molecular complexity index is 1040. The SMILES string of the molecule is C=CCOc1c(Cl)cc(/C=C(\C#N)C(=O)Nc2cccc(C(F)(F)F)c2)cc1OCC. The molecule has 0 radical (unpaired) electrons. The van der Waals surface area contributed by atoms with E-state index in [0.29, 0.717) is 17.9 Å². The number of alkyl halides is 3. The van der Waals surface area contributed by atoms with E-state index in [4.69, 9.17) is 21.1 Å². The van der Waals surface area contributed by atoms with Gasteiger partial charge < -0.3 is 14.8 Å². The van der Waals surface area contributed by atoms with Crippen molar-refractivity contribution in [2.75, 3.05) is 18.5 Å². The first-order valence-electron chi connectivity index (χ1n) is 9.00. The Morgan fingerprint density at radius 3 is 2.65 bits per heavy atom. The second-order valence-electron chi connectivity index (χ2n) is 6.07. The number of carbonyl (C=O) groups excluding carboxylic acids is 1. The third-order valence-corrected chi connectivity index (χ3v) is 4.08. The molecular formula is C22H18ClF3N2O3. The lowest BCUT2D eigenvalue weighted by molar-refractivity contribution is -0.137. The van der Waals surface area contributed by atoms with Crippen molar-refractivity contribution >= 4 is 29.3 Å². The minimum Gasteiger partial charge on any atom is -0.490 e. The van der Waals surface area contributed by atoms with Gasteiger partial charge in [0.1, 0.15) is 18.2 Å². The highest BCUT2D eigenvalue weighted by atomic mass is 35.5. The third kappa shape index (κ3) is 6.52. The molecule has 0 spiro atoms. The molecule has 0 fully saturated rings. The Morgan fingerprint density at radius 2 is 2.03 bits per heavy atom. The van der Waals surface area contributed by atoms with Crippen molar-refractivity contribution in [1.82, 2.24) is 0 Å². The molecule has 9 heteroatoms. The number of ether oxygens (including phenoxy) is 2. The number of hydrogen-bond donors (Lipinski definition) is 1. The molecular weight excluding hydrogens is 433 g/mol. The number of hydrogen-bond acceptors (Lipinski definition) is 4. The number of rotatable bonds is 8. The van der Waals surface area contributed by atoms with Crippen LogP contribution in [0.5, 0.6) is 11.5 Å². The van der Waals surface area contributed by atoms with Crippen LogP contribution in [0.4, 0.5) is 18.9 Å². The Morgan fingerprint density at radius 1 is 1.29 bits per heavy atom. The van der Waals surface area contributed by atoms with Gasteiger partial charge in [-0.3, -0.25) is 4.79 Å². The molecule has 0 aliphatic heterocycles. The van der Waals surface area contributed by atoms with E-state index in [2.05, 4.69) is 11.9 Å². The van der Waals surface area contributed by atoms with E-state index in [1.165, 1.54) is 30.4 Å². The van der Waals surface area contributed by atoms with Gasteiger partial charge in [0.2, 0.25) is 0 Å². The number of nitrogens with zero attached hydrogens (tertiary/aromatic N) is 1. The molecule has 0 bridgehead atoms. The Labute approximate surface area is 182 Å². The molecule has 0 atom stereocenters. The van der Waals surface area contributed by atoms with Crippen LogP contribution in [0.2, 0.25) is 5.02 Å². The number of benzene rings is 2. The van der Waals surface area contributed by atoms with Gasteiger partial charge in [-0.1, -0.05) is 30.3 Å². The largest absolute Gasteiger partial charge is 0.490 e. The lowest BCUT2D eigenvalue weighted by Gasteiger charge is -2.13. The fourth-order valence-electron chi connectivity index (χ4n) is 2.50. The molecule has 5 nitrogen and oxygen atoms in total. The predicted octanol–water partition coefficient (Wildman–Crippen LogP) is 5.87. The monoisotopic (exact) mass is 450 g/mol. The van der Waals surface area contributed by atoms with E-state index < -0.39 is 17.6 Å². The molecule has 1 amide bonds. The van der Waals surface area contributed by atoms with E-state index in [9.17, 15) is 23.2 Å². The normalized spacial score (nSPS) is 11.4. The van der Waals surface area contributed by atoms with Crippen LogP contribution in [0.3, 0.4) is 0 Å². The highest BCUT2D eigenvalue weighted by molar-refractivity contribution is 6.32. The maximum Gasteiger partial charge on any atom is 0.416 e. The molecule has 0 heterocycles. The summed E-state index contributed by atoms with van der Waals surface area (Å²) < 4.78 is 49.5. The molecule has 2 rings (SSSR count). The van der Waals surface area contributed by atoms with Crippen molar-refractivity contribution < 1.29 is 27.4 Å². The summed E-state index contributed by atoms with van der Waals surface area (Å²) in [5.74, 6) is -0.283. The molecule has 2 aromatic rings. The minimum atomic E-state index is -4.56. The molecule has 0 aromatic heterocycles. The summed E-state index contributed by atoms with van der Waals surface area (Å²) >= 11 is 6.24. The maximum absolute atomic E-state index is 12.8. The number of nitriles is 1. The highest BCUT2D eigenvalue weighted by Gasteiger charge is 2.30. The van der Waals surface area contributed by atoms with Gasteiger partial charge in [0.25, 0.3) is 5.91 Å². The fourth-order valence-corrected chi connectivity index (χ4v) is 2.78. The fraction of sp³-hybridized carbons (Fsp3) is 0.182. The Balaban J connectivity index is 2.33. The lowest BCUT2D eigenvalue weighted by Crippen LogP contribution is -2.14. The average Bonchev–Trinajstić information content (AvgIpc) is 2.71. The first-order valence-corrected chi connectivity index (χ1v) is 9.37. The maximum atomic E-state index is 12.8. The van der Waals surface area contributed by atoms with Gasteiger partial charge in [-0.25, -0.2) is 0 Å². The number of nitrogens with one attached hydrogen (secondary N) is 1. The van der Waals surface area contributed by atoms with Crippen LogP contribution in [0, 0.1) is 11.3 Å². The van der Waals surface area contributed by atoms with Gasteiger partial charge in [0.15, 0.2) is 11.5 Å². The Hall–Kier alpha value is -3.44. The van der Waals surface area contributed by atoms with Crippen molar-refractivity contribution in [1.29, 1.82) is 5.26 Å². The van der Waals surface area contributed by atoms with Crippen LogP contribution in [-0.2, 0) is 11.0 Å². The van der Waals surface area contributed by atoms with Crippen LogP contribution >= 0.6 is 11.6 Å². The zero-order valence-corrected chi connectivity index (χ0v) is 17.2. The molecule has 0 aliphatic rings. The van der Waals surface area contributed by atoms with E-state index in [-0.39, 0.29) is 28.6 Å². The second kappa shape index (κ2) is 10.5.